The second-order valence-electron chi connectivity index (χ2n) is 4.33. The van der Waals surface area contributed by atoms with Gasteiger partial charge in [-0.1, -0.05) is 20.3 Å². The molecule has 0 saturated heterocycles. The van der Waals surface area contributed by atoms with Gasteiger partial charge in [0.1, 0.15) is 0 Å². The lowest BCUT2D eigenvalue weighted by molar-refractivity contribution is 0.0452. The van der Waals surface area contributed by atoms with Crippen LogP contribution in [0.4, 0.5) is 0 Å². The Morgan fingerprint density at radius 1 is 1.14 bits per heavy atom. The summed E-state index contributed by atoms with van der Waals surface area (Å²) in [6, 6.07) is 0.850. The van der Waals surface area contributed by atoms with Gasteiger partial charge in [-0.3, -0.25) is 4.90 Å². The van der Waals surface area contributed by atoms with Crippen LogP contribution in [0.1, 0.15) is 53.9 Å². The number of rotatable bonds is 7. The van der Waals surface area contributed by atoms with Gasteiger partial charge < -0.3 is 5.11 Å². The van der Waals surface area contributed by atoms with Crippen LogP contribution in [0.3, 0.4) is 0 Å². The van der Waals surface area contributed by atoms with Crippen molar-refractivity contribution in [2.45, 2.75) is 72.1 Å². The molecule has 2 heteroatoms. The number of nitrogens with zero attached hydrogens (tertiary/aromatic N) is 1. The van der Waals surface area contributed by atoms with Gasteiger partial charge in [0.15, 0.2) is 0 Å². The van der Waals surface area contributed by atoms with Crippen LogP contribution >= 0.6 is 0 Å². The van der Waals surface area contributed by atoms with Crippen LogP contribution in [-0.2, 0) is 0 Å². The minimum Gasteiger partial charge on any atom is -0.392 e. The molecule has 0 fully saturated rings. The predicted molar refractivity (Wildman–Crippen MR) is 62.5 cm³/mol. The number of aliphatic hydroxyl groups excluding tert-OH is 1. The van der Waals surface area contributed by atoms with Gasteiger partial charge in [-0.05, 0) is 40.2 Å². The average Bonchev–Trinajstić information content (AvgIpc) is 2.17. The first kappa shape index (κ1) is 13.9. The molecule has 0 aromatic heterocycles. The van der Waals surface area contributed by atoms with Crippen LogP contribution < -0.4 is 0 Å². The maximum Gasteiger partial charge on any atom is 0.0664 e. The number of hydrogen-bond donors (Lipinski definition) is 1. The number of aliphatic hydroxyl groups is 1. The van der Waals surface area contributed by atoms with E-state index in [2.05, 4.69) is 32.6 Å². The Kier molecular flexibility index (Phi) is 7.20. The fourth-order valence-electron chi connectivity index (χ4n) is 1.68. The van der Waals surface area contributed by atoms with Gasteiger partial charge in [0.2, 0.25) is 0 Å². The molecule has 0 heterocycles. The van der Waals surface area contributed by atoms with Crippen molar-refractivity contribution in [2.24, 2.45) is 0 Å². The van der Waals surface area contributed by atoms with Crippen LogP contribution in [0.2, 0.25) is 0 Å². The van der Waals surface area contributed by atoms with E-state index in [9.17, 15) is 5.11 Å². The summed E-state index contributed by atoms with van der Waals surface area (Å²) in [4.78, 5) is 2.42. The third kappa shape index (κ3) is 4.43. The quantitative estimate of drug-likeness (QED) is 0.684. The summed E-state index contributed by atoms with van der Waals surface area (Å²) in [7, 11) is 0. The van der Waals surface area contributed by atoms with Crippen molar-refractivity contribution in [3.63, 3.8) is 0 Å². The van der Waals surface area contributed by atoms with E-state index >= 15 is 0 Å². The lowest BCUT2D eigenvalue weighted by Gasteiger charge is -2.35. The molecule has 0 aliphatic rings. The maximum absolute atomic E-state index is 9.59. The predicted octanol–water partition coefficient (Wildman–Crippen LogP) is 2.66. The molecule has 0 rings (SSSR count). The van der Waals surface area contributed by atoms with E-state index in [1.807, 2.05) is 6.92 Å². The molecule has 0 saturated carbocycles. The van der Waals surface area contributed by atoms with Crippen LogP contribution in [0, 0.1) is 0 Å². The molecule has 0 aromatic rings. The molecular formula is C12H27NO. The Balaban J connectivity index is 4.22. The molecule has 0 bridgehead atoms. The minimum absolute atomic E-state index is 0.235. The summed E-state index contributed by atoms with van der Waals surface area (Å²) in [6.07, 6.45) is 3.36. The van der Waals surface area contributed by atoms with Gasteiger partial charge in [0.25, 0.3) is 0 Å². The summed E-state index contributed by atoms with van der Waals surface area (Å²) in [5.74, 6) is 0. The molecule has 0 spiro atoms. The van der Waals surface area contributed by atoms with E-state index in [0.29, 0.717) is 6.04 Å². The highest BCUT2D eigenvalue weighted by Gasteiger charge is 2.21. The number of hydrogen-bond acceptors (Lipinski definition) is 2. The second-order valence-corrected chi connectivity index (χ2v) is 4.33. The van der Waals surface area contributed by atoms with Crippen molar-refractivity contribution in [3.8, 4) is 0 Å². The SMILES string of the molecule is CCCCN(C(C)CC)C(C)C(C)O. The molecule has 14 heavy (non-hydrogen) atoms. The summed E-state index contributed by atoms with van der Waals surface area (Å²) in [5.41, 5.74) is 0. The highest BCUT2D eigenvalue weighted by atomic mass is 16.3. The van der Waals surface area contributed by atoms with Crippen molar-refractivity contribution < 1.29 is 5.11 Å². The minimum atomic E-state index is -0.235. The molecule has 0 radical (unpaired) electrons. The van der Waals surface area contributed by atoms with E-state index in [4.69, 9.17) is 0 Å². The van der Waals surface area contributed by atoms with E-state index < -0.39 is 0 Å². The fraction of sp³-hybridized carbons (Fsp3) is 1.00. The monoisotopic (exact) mass is 201 g/mol. The average molecular weight is 201 g/mol. The third-order valence-corrected chi connectivity index (χ3v) is 3.15. The van der Waals surface area contributed by atoms with Crippen molar-refractivity contribution in [1.29, 1.82) is 0 Å². The molecule has 0 aromatic carbocycles. The van der Waals surface area contributed by atoms with E-state index in [0.717, 1.165) is 13.0 Å². The molecule has 0 aliphatic heterocycles. The highest BCUT2D eigenvalue weighted by Crippen LogP contribution is 2.13. The van der Waals surface area contributed by atoms with E-state index in [-0.39, 0.29) is 12.1 Å². The summed E-state index contributed by atoms with van der Waals surface area (Å²) < 4.78 is 0. The van der Waals surface area contributed by atoms with Crippen LogP contribution in [0.5, 0.6) is 0 Å². The first-order valence-corrected chi connectivity index (χ1v) is 5.98. The van der Waals surface area contributed by atoms with Gasteiger partial charge in [-0.2, -0.15) is 0 Å². The third-order valence-electron chi connectivity index (χ3n) is 3.15. The Hall–Kier alpha value is -0.0800. The summed E-state index contributed by atoms with van der Waals surface area (Å²) >= 11 is 0. The second kappa shape index (κ2) is 7.24. The van der Waals surface area contributed by atoms with Crippen molar-refractivity contribution in [2.75, 3.05) is 6.54 Å². The standard InChI is InChI=1S/C12H27NO/c1-6-8-9-13(10(3)7-2)11(4)12(5)14/h10-12,14H,6-9H2,1-5H3. The van der Waals surface area contributed by atoms with Gasteiger partial charge in [-0.25, -0.2) is 0 Å². The molecule has 0 amide bonds. The smallest absolute Gasteiger partial charge is 0.0664 e. The lowest BCUT2D eigenvalue weighted by atomic mass is 10.1. The molecular weight excluding hydrogens is 174 g/mol. The Morgan fingerprint density at radius 3 is 2.07 bits per heavy atom. The Morgan fingerprint density at radius 2 is 1.71 bits per heavy atom. The first-order valence-electron chi connectivity index (χ1n) is 5.98. The van der Waals surface area contributed by atoms with Crippen LogP contribution in [0.25, 0.3) is 0 Å². The molecule has 0 aliphatic carbocycles. The topological polar surface area (TPSA) is 23.5 Å². The molecule has 2 nitrogen and oxygen atoms in total. The van der Waals surface area contributed by atoms with Gasteiger partial charge in [-0.15, -0.1) is 0 Å². The first-order chi connectivity index (χ1) is 6.54. The zero-order valence-electron chi connectivity index (χ0n) is 10.5. The fourth-order valence-corrected chi connectivity index (χ4v) is 1.68. The van der Waals surface area contributed by atoms with Gasteiger partial charge >= 0.3 is 0 Å². The Bertz CT molecular complexity index is 136. The van der Waals surface area contributed by atoms with Crippen LogP contribution in [-0.4, -0.2) is 34.7 Å². The zero-order chi connectivity index (χ0) is 11.1. The lowest BCUT2D eigenvalue weighted by Crippen LogP contribution is -2.45. The zero-order valence-corrected chi connectivity index (χ0v) is 10.5. The summed E-state index contributed by atoms with van der Waals surface area (Å²) in [6.45, 7) is 11.8. The van der Waals surface area contributed by atoms with Gasteiger partial charge in [0, 0.05) is 12.1 Å². The van der Waals surface area contributed by atoms with Crippen molar-refractivity contribution >= 4 is 0 Å². The van der Waals surface area contributed by atoms with E-state index in [1.165, 1.54) is 12.8 Å². The molecule has 86 valence electrons. The normalized spacial score (nSPS) is 18.2. The molecule has 1 N–H and O–H groups in total. The van der Waals surface area contributed by atoms with Gasteiger partial charge in [0.05, 0.1) is 6.10 Å². The molecule has 3 atom stereocenters. The summed E-state index contributed by atoms with van der Waals surface area (Å²) in [5, 5.41) is 9.59. The Labute approximate surface area is 89.3 Å². The van der Waals surface area contributed by atoms with Crippen molar-refractivity contribution in [1.82, 2.24) is 4.90 Å². The van der Waals surface area contributed by atoms with Crippen LogP contribution in [0.15, 0.2) is 0 Å². The highest BCUT2D eigenvalue weighted by molar-refractivity contribution is 4.76. The molecule has 3 unspecified atom stereocenters. The number of unbranched alkanes of at least 4 members (excludes halogenated alkanes) is 1. The van der Waals surface area contributed by atoms with E-state index in [1.54, 1.807) is 0 Å². The largest absolute Gasteiger partial charge is 0.392 e. The van der Waals surface area contributed by atoms with Crippen molar-refractivity contribution in [3.05, 3.63) is 0 Å². The maximum atomic E-state index is 9.59.